The zero-order chi connectivity index (χ0) is 21.3. The number of benzene rings is 2. The molecule has 1 N–H and O–H groups in total. The summed E-state index contributed by atoms with van der Waals surface area (Å²) in [4.78, 5) is 15.4. The molecule has 0 bridgehead atoms. The van der Waals surface area contributed by atoms with Crippen LogP contribution in [0, 0.1) is 13.8 Å². The van der Waals surface area contributed by atoms with Crippen LogP contribution in [0.5, 0.6) is 0 Å². The molecule has 0 spiro atoms. The van der Waals surface area contributed by atoms with Gasteiger partial charge in [0.2, 0.25) is 15.9 Å². The van der Waals surface area contributed by atoms with Crippen LogP contribution in [-0.2, 0) is 14.8 Å². The van der Waals surface area contributed by atoms with Crippen molar-refractivity contribution in [2.45, 2.75) is 43.7 Å². The second-order valence-corrected chi connectivity index (χ2v) is 10.2. The molecule has 2 fully saturated rings. The van der Waals surface area contributed by atoms with Crippen LogP contribution < -0.4 is 5.32 Å². The third-order valence-electron chi connectivity index (χ3n) is 6.04. The van der Waals surface area contributed by atoms with Gasteiger partial charge in [0.15, 0.2) is 0 Å². The van der Waals surface area contributed by atoms with Gasteiger partial charge in [-0.05, 0) is 55.5 Å². The molecular weight excluding hydrogens is 398 g/mol. The summed E-state index contributed by atoms with van der Waals surface area (Å²) >= 11 is 0. The minimum Gasteiger partial charge on any atom is -0.352 e. The van der Waals surface area contributed by atoms with E-state index in [9.17, 15) is 13.2 Å². The van der Waals surface area contributed by atoms with Crippen LogP contribution in [0.1, 0.15) is 35.6 Å². The Kier molecular flexibility index (Phi) is 5.95. The van der Waals surface area contributed by atoms with Crippen LogP contribution in [0.2, 0.25) is 0 Å². The number of carbonyl (C=O) groups excluding carboxylic acids is 1. The molecule has 1 atom stereocenters. The maximum Gasteiger partial charge on any atom is 0.243 e. The first kappa shape index (κ1) is 21.0. The number of piperazine rings is 1. The number of nitrogens with one attached hydrogen (secondary N) is 1. The van der Waals surface area contributed by atoms with Gasteiger partial charge in [0, 0.05) is 32.2 Å². The number of rotatable bonds is 6. The molecule has 1 saturated heterocycles. The van der Waals surface area contributed by atoms with Gasteiger partial charge in [0.25, 0.3) is 0 Å². The minimum atomic E-state index is -3.54. The lowest BCUT2D eigenvalue weighted by Crippen LogP contribution is -2.52. The molecule has 0 radical (unpaired) electrons. The van der Waals surface area contributed by atoms with Gasteiger partial charge in [-0.2, -0.15) is 4.31 Å². The van der Waals surface area contributed by atoms with Gasteiger partial charge in [-0.25, -0.2) is 8.42 Å². The first-order valence-corrected chi connectivity index (χ1v) is 12.0. The average Bonchev–Trinajstić information content (AvgIpc) is 3.55. The van der Waals surface area contributed by atoms with E-state index in [0.717, 1.165) is 29.5 Å². The Labute approximate surface area is 178 Å². The summed E-state index contributed by atoms with van der Waals surface area (Å²) in [5.74, 6) is 0.00849. The van der Waals surface area contributed by atoms with Crippen molar-refractivity contribution >= 4 is 15.9 Å². The molecule has 2 aromatic rings. The van der Waals surface area contributed by atoms with Crippen LogP contribution in [0.3, 0.4) is 0 Å². The highest BCUT2D eigenvalue weighted by Gasteiger charge is 2.36. The van der Waals surface area contributed by atoms with Crippen molar-refractivity contribution in [3.8, 4) is 0 Å². The van der Waals surface area contributed by atoms with Crippen molar-refractivity contribution in [2.75, 3.05) is 26.2 Å². The lowest BCUT2D eigenvalue weighted by Gasteiger charge is -2.38. The predicted molar refractivity (Wildman–Crippen MR) is 117 cm³/mol. The SMILES string of the molecule is Cc1ccc(S(=O)(=O)N2CCN([C@H](C(=O)NC3CC3)c3ccccc3)CC2)cc1C. The Hall–Kier alpha value is -2.22. The number of aryl methyl sites for hydroxylation is 2. The molecule has 1 aliphatic heterocycles. The van der Waals surface area contributed by atoms with Crippen molar-refractivity contribution in [3.05, 3.63) is 65.2 Å². The molecule has 7 heteroatoms. The fraction of sp³-hybridized carbons (Fsp3) is 0.435. The predicted octanol–water partition coefficient (Wildman–Crippen LogP) is 2.63. The standard InChI is InChI=1S/C23H29N3O3S/c1-17-8-11-21(16-18(17)2)30(28,29)26-14-12-25(13-15-26)22(19-6-4-3-5-7-19)23(27)24-20-9-10-20/h3-8,11,16,20,22H,9-10,12-15H2,1-2H3,(H,24,27)/t22-/m0/s1. The van der Waals surface area contributed by atoms with Gasteiger partial charge in [0.1, 0.15) is 6.04 Å². The number of hydrogen-bond donors (Lipinski definition) is 1. The third kappa shape index (κ3) is 4.43. The quantitative estimate of drug-likeness (QED) is 0.770. The van der Waals surface area contributed by atoms with E-state index in [1.165, 1.54) is 4.31 Å². The maximum atomic E-state index is 13.1. The highest BCUT2D eigenvalue weighted by atomic mass is 32.2. The highest BCUT2D eigenvalue weighted by molar-refractivity contribution is 7.89. The third-order valence-corrected chi connectivity index (χ3v) is 7.94. The second kappa shape index (κ2) is 8.49. The van der Waals surface area contributed by atoms with Gasteiger partial charge in [-0.15, -0.1) is 0 Å². The fourth-order valence-corrected chi connectivity index (χ4v) is 5.40. The number of carbonyl (C=O) groups is 1. The summed E-state index contributed by atoms with van der Waals surface area (Å²) in [7, 11) is -3.54. The van der Waals surface area contributed by atoms with Crippen LogP contribution >= 0.6 is 0 Å². The first-order chi connectivity index (χ1) is 14.4. The van der Waals surface area contributed by atoms with E-state index in [1.54, 1.807) is 12.1 Å². The Balaban J connectivity index is 1.50. The molecule has 160 valence electrons. The van der Waals surface area contributed by atoms with Crippen molar-refractivity contribution < 1.29 is 13.2 Å². The van der Waals surface area contributed by atoms with Crippen molar-refractivity contribution in [3.63, 3.8) is 0 Å². The largest absolute Gasteiger partial charge is 0.352 e. The number of sulfonamides is 1. The maximum absolute atomic E-state index is 13.1. The molecular formula is C23H29N3O3S. The van der Waals surface area contributed by atoms with E-state index in [4.69, 9.17) is 0 Å². The van der Waals surface area contributed by atoms with Crippen LogP contribution in [-0.4, -0.2) is 55.8 Å². The second-order valence-electron chi connectivity index (χ2n) is 8.28. The van der Waals surface area contributed by atoms with E-state index in [0.29, 0.717) is 31.1 Å². The van der Waals surface area contributed by atoms with Crippen molar-refractivity contribution in [1.82, 2.24) is 14.5 Å². The topological polar surface area (TPSA) is 69.7 Å². The van der Waals surface area contributed by atoms with Crippen LogP contribution in [0.4, 0.5) is 0 Å². The Morgan fingerprint density at radius 1 is 0.967 bits per heavy atom. The Morgan fingerprint density at radius 2 is 1.63 bits per heavy atom. The summed E-state index contributed by atoms with van der Waals surface area (Å²) < 4.78 is 27.8. The molecule has 1 aliphatic carbocycles. The average molecular weight is 428 g/mol. The lowest BCUT2D eigenvalue weighted by atomic mass is 10.0. The molecule has 4 rings (SSSR count). The van der Waals surface area contributed by atoms with Gasteiger partial charge < -0.3 is 5.32 Å². The number of amides is 1. The smallest absolute Gasteiger partial charge is 0.243 e. The Bertz CT molecular complexity index is 1010. The summed E-state index contributed by atoms with van der Waals surface area (Å²) in [6.07, 6.45) is 2.07. The van der Waals surface area contributed by atoms with E-state index in [1.807, 2.05) is 50.2 Å². The normalized spacial score (nSPS) is 19.4. The molecule has 30 heavy (non-hydrogen) atoms. The zero-order valence-corrected chi connectivity index (χ0v) is 18.4. The molecule has 0 aromatic heterocycles. The summed E-state index contributed by atoms with van der Waals surface area (Å²) in [5, 5.41) is 3.12. The van der Waals surface area contributed by atoms with Crippen molar-refractivity contribution in [2.24, 2.45) is 0 Å². The summed E-state index contributed by atoms with van der Waals surface area (Å²) in [6.45, 7) is 5.67. The zero-order valence-electron chi connectivity index (χ0n) is 17.5. The Morgan fingerprint density at radius 3 is 2.23 bits per heavy atom. The number of hydrogen-bond acceptors (Lipinski definition) is 4. The van der Waals surface area contributed by atoms with Crippen molar-refractivity contribution in [1.29, 1.82) is 0 Å². The van der Waals surface area contributed by atoms with Gasteiger partial charge >= 0.3 is 0 Å². The highest BCUT2D eigenvalue weighted by Crippen LogP contribution is 2.27. The van der Waals surface area contributed by atoms with Gasteiger partial charge in [-0.1, -0.05) is 36.4 Å². The van der Waals surface area contributed by atoms with Crippen LogP contribution in [0.15, 0.2) is 53.4 Å². The molecule has 2 aromatic carbocycles. The minimum absolute atomic E-state index is 0.00849. The number of nitrogens with zero attached hydrogens (tertiary/aromatic N) is 2. The molecule has 1 saturated carbocycles. The monoisotopic (exact) mass is 427 g/mol. The molecule has 2 aliphatic rings. The van der Waals surface area contributed by atoms with E-state index >= 15 is 0 Å². The van der Waals surface area contributed by atoms with Gasteiger partial charge in [0.05, 0.1) is 4.90 Å². The molecule has 1 heterocycles. The molecule has 1 amide bonds. The first-order valence-electron chi connectivity index (χ1n) is 10.5. The fourth-order valence-electron chi connectivity index (χ4n) is 3.90. The molecule has 6 nitrogen and oxygen atoms in total. The molecule has 0 unspecified atom stereocenters. The van der Waals surface area contributed by atoms with E-state index in [2.05, 4.69) is 10.2 Å². The van der Waals surface area contributed by atoms with Gasteiger partial charge in [-0.3, -0.25) is 9.69 Å². The van der Waals surface area contributed by atoms with E-state index in [-0.39, 0.29) is 11.9 Å². The summed E-state index contributed by atoms with van der Waals surface area (Å²) in [5.41, 5.74) is 2.99. The summed E-state index contributed by atoms with van der Waals surface area (Å²) in [6, 6.07) is 14.9. The van der Waals surface area contributed by atoms with E-state index < -0.39 is 16.1 Å². The lowest BCUT2D eigenvalue weighted by molar-refractivity contribution is -0.127. The van der Waals surface area contributed by atoms with Crippen LogP contribution in [0.25, 0.3) is 0 Å².